The number of pyridine rings is 1. The highest BCUT2D eigenvalue weighted by Gasteiger charge is 2.23. The summed E-state index contributed by atoms with van der Waals surface area (Å²) >= 11 is 7.82. The molecule has 1 saturated heterocycles. The third-order valence-corrected chi connectivity index (χ3v) is 7.50. The number of aromatic nitrogens is 4. The molecule has 1 aromatic carbocycles. The smallest absolute Gasteiger partial charge is 0.239 e. The molecule has 0 saturated carbocycles. The molecule has 1 aliphatic rings. The summed E-state index contributed by atoms with van der Waals surface area (Å²) in [7, 11) is 3.24. The molecule has 0 spiro atoms. The fourth-order valence-corrected chi connectivity index (χ4v) is 5.52. The monoisotopic (exact) mass is 554 g/mol. The zero-order chi connectivity index (χ0) is 26.3. The van der Waals surface area contributed by atoms with Gasteiger partial charge in [0.15, 0.2) is 5.76 Å². The molecule has 1 fully saturated rings. The number of rotatable bonds is 12. The average molecular weight is 555 g/mol. The highest BCUT2D eigenvalue weighted by Crippen LogP contribution is 2.38. The van der Waals surface area contributed by atoms with Gasteiger partial charge in [-0.2, -0.15) is 0 Å². The van der Waals surface area contributed by atoms with Gasteiger partial charge < -0.3 is 18.8 Å². The SMILES string of the molecule is COc1cccc(OC)c1-n1c(NSCCc2ncc(Cl)cc2CCN2CCCC2)nnc1-c1ccco1. The second kappa shape index (κ2) is 12.6. The number of hydrogen-bond acceptors (Lipinski definition) is 9. The van der Waals surface area contributed by atoms with Gasteiger partial charge in [-0.3, -0.25) is 14.3 Å². The third-order valence-electron chi connectivity index (χ3n) is 6.56. The quantitative estimate of drug-likeness (QED) is 0.179. The van der Waals surface area contributed by atoms with Gasteiger partial charge in [0, 0.05) is 30.6 Å². The first-order chi connectivity index (χ1) is 18.7. The topological polar surface area (TPSA) is 90.5 Å². The van der Waals surface area contributed by atoms with Crippen molar-refractivity contribution in [2.24, 2.45) is 0 Å². The highest BCUT2D eigenvalue weighted by molar-refractivity contribution is 8.00. The molecule has 4 heterocycles. The van der Waals surface area contributed by atoms with E-state index in [4.69, 9.17) is 25.5 Å². The van der Waals surface area contributed by atoms with Crippen LogP contribution >= 0.6 is 23.5 Å². The van der Waals surface area contributed by atoms with Crippen LogP contribution in [0.15, 0.2) is 53.3 Å². The van der Waals surface area contributed by atoms with Gasteiger partial charge in [0.1, 0.15) is 17.2 Å². The predicted octanol–water partition coefficient (Wildman–Crippen LogP) is 5.53. The lowest BCUT2D eigenvalue weighted by molar-refractivity contribution is 0.343. The molecule has 0 atom stereocenters. The average Bonchev–Trinajstić information content (AvgIpc) is 3.72. The number of ether oxygens (including phenoxy) is 2. The first-order valence-electron chi connectivity index (χ1n) is 12.6. The summed E-state index contributed by atoms with van der Waals surface area (Å²) in [5, 5.41) is 9.51. The van der Waals surface area contributed by atoms with Crippen LogP contribution in [0, 0.1) is 0 Å². The van der Waals surface area contributed by atoms with Gasteiger partial charge in [-0.1, -0.05) is 17.7 Å². The van der Waals surface area contributed by atoms with Gasteiger partial charge in [-0.15, -0.1) is 10.2 Å². The molecule has 0 bridgehead atoms. The Morgan fingerprint density at radius 3 is 2.55 bits per heavy atom. The number of methoxy groups -OCH3 is 2. The molecule has 200 valence electrons. The molecule has 11 heteroatoms. The van der Waals surface area contributed by atoms with Crippen molar-refractivity contribution in [1.29, 1.82) is 0 Å². The van der Waals surface area contributed by atoms with E-state index in [2.05, 4.69) is 30.9 Å². The second-order valence-corrected chi connectivity index (χ2v) is 10.3. The summed E-state index contributed by atoms with van der Waals surface area (Å²) in [6.07, 6.45) is 7.66. The van der Waals surface area contributed by atoms with Crippen LogP contribution in [0.3, 0.4) is 0 Å². The van der Waals surface area contributed by atoms with E-state index in [1.807, 2.05) is 34.9 Å². The lowest BCUT2D eigenvalue weighted by atomic mass is 10.1. The minimum Gasteiger partial charge on any atom is -0.494 e. The number of nitrogens with zero attached hydrogens (tertiary/aromatic N) is 5. The molecule has 38 heavy (non-hydrogen) atoms. The van der Waals surface area contributed by atoms with Crippen molar-refractivity contribution < 1.29 is 13.9 Å². The Kier molecular flexibility index (Phi) is 8.72. The summed E-state index contributed by atoms with van der Waals surface area (Å²) in [4.78, 5) is 7.16. The summed E-state index contributed by atoms with van der Waals surface area (Å²) in [5.74, 6) is 3.66. The zero-order valence-electron chi connectivity index (χ0n) is 21.5. The van der Waals surface area contributed by atoms with Gasteiger partial charge in [0.05, 0.1) is 25.5 Å². The molecule has 1 N–H and O–H groups in total. The van der Waals surface area contributed by atoms with Crippen LogP contribution in [0.5, 0.6) is 11.5 Å². The highest BCUT2D eigenvalue weighted by atomic mass is 35.5. The van der Waals surface area contributed by atoms with Crippen LogP contribution in [0.4, 0.5) is 5.95 Å². The van der Waals surface area contributed by atoms with Crippen LogP contribution in [0.25, 0.3) is 17.3 Å². The summed E-state index contributed by atoms with van der Waals surface area (Å²) in [6.45, 7) is 3.40. The van der Waals surface area contributed by atoms with Crippen molar-refractivity contribution in [2.45, 2.75) is 25.7 Å². The molecular weight excluding hydrogens is 524 g/mol. The zero-order valence-corrected chi connectivity index (χ0v) is 23.1. The van der Waals surface area contributed by atoms with Gasteiger partial charge in [-0.25, -0.2) is 0 Å². The van der Waals surface area contributed by atoms with Crippen LogP contribution < -0.4 is 14.2 Å². The molecule has 1 aliphatic heterocycles. The second-order valence-electron chi connectivity index (χ2n) is 8.93. The number of aryl methyl sites for hydroxylation is 1. The van der Waals surface area contributed by atoms with Crippen LogP contribution in [-0.4, -0.2) is 64.3 Å². The van der Waals surface area contributed by atoms with Crippen LogP contribution in [0.2, 0.25) is 5.02 Å². The minimum absolute atomic E-state index is 0.530. The van der Waals surface area contributed by atoms with Crippen molar-refractivity contribution in [3.63, 3.8) is 0 Å². The number of para-hydroxylation sites is 1. The standard InChI is InChI=1S/C27H31ClN6O3S/c1-35-22-7-5-8-23(36-2)25(22)34-26(24-9-6-15-37-24)30-31-27(34)32-38-16-11-21-19(17-20(28)18-29-21)10-14-33-12-3-4-13-33/h5-9,15,17-18H,3-4,10-14,16H2,1-2H3,(H,31,32). The van der Waals surface area contributed by atoms with E-state index in [1.165, 1.54) is 43.4 Å². The fourth-order valence-electron chi connectivity index (χ4n) is 4.68. The van der Waals surface area contributed by atoms with E-state index in [-0.39, 0.29) is 0 Å². The normalized spacial score (nSPS) is 13.7. The van der Waals surface area contributed by atoms with Crippen LogP contribution in [-0.2, 0) is 12.8 Å². The van der Waals surface area contributed by atoms with E-state index in [0.29, 0.717) is 39.7 Å². The number of hydrogen-bond donors (Lipinski definition) is 1. The maximum atomic E-state index is 6.28. The molecular formula is C27H31ClN6O3S. The van der Waals surface area contributed by atoms with E-state index in [1.54, 1.807) is 26.7 Å². The molecule has 5 rings (SSSR count). The Morgan fingerprint density at radius 2 is 1.84 bits per heavy atom. The Balaban J connectivity index is 1.33. The van der Waals surface area contributed by atoms with E-state index in [9.17, 15) is 0 Å². The first-order valence-corrected chi connectivity index (χ1v) is 14.0. The number of anilines is 1. The van der Waals surface area contributed by atoms with Crippen molar-refractivity contribution in [1.82, 2.24) is 24.6 Å². The van der Waals surface area contributed by atoms with Gasteiger partial charge >= 0.3 is 0 Å². The Labute approximate surface area is 231 Å². The van der Waals surface area contributed by atoms with Gasteiger partial charge in [0.2, 0.25) is 11.8 Å². The number of benzene rings is 1. The molecule has 0 amide bonds. The Bertz CT molecular complexity index is 1320. The van der Waals surface area contributed by atoms with Gasteiger partial charge in [-0.05, 0) is 80.2 Å². The van der Waals surface area contributed by atoms with Crippen molar-refractivity contribution >= 4 is 29.5 Å². The maximum Gasteiger partial charge on any atom is 0.239 e. The van der Waals surface area contributed by atoms with E-state index in [0.717, 1.165) is 30.8 Å². The maximum absolute atomic E-state index is 6.28. The number of furan rings is 1. The third kappa shape index (κ3) is 5.92. The lowest BCUT2D eigenvalue weighted by Crippen LogP contribution is -2.22. The first kappa shape index (κ1) is 26.4. The van der Waals surface area contributed by atoms with Gasteiger partial charge in [0.25, 0.3) is 0 Å². The van der Waals surface area contributed by atoms with Crippen molar-refractivity contribution in [3.8, 4) is 28.8 Å². The van der Waals surface area contributed by atoms with E-state index < -0.39 is 0 Å². The summed E-state index contributed by atoms with van der Waals surface area (Å²) in [5.41, 5.74) is 2.97. The number of nitrogens with one attached hydrogen (secondary N) is 1. The Morgan fingerprint density at radius 1 is 1.05 bits per heavy atom. The molecule has 9 nitrogen and oxygen atoms in total. The molecule has 0 radical (unpaired) electrons. The number of likely N-dealkylation sites (tertiary alicyclic amines) is 1. The molecule has 0 aliphatic carbocycles. The van der Waals surface area contributed by atoms with Crippen LogP contribution in [0.1, 0.15) is 24.1 Å². The molecule has 3 aromatic heterocycles. The lowest BCUT2D eigenvalue weighted by Gasteiger charge is -2.17. The van der Waals surface area contributed by atoms with Crippen molar-refractivity contribution in [3.05, 3.63) is 65.1 Å². The summed E-state index contributed by atoms with van der Waals surface area (Å²) in [6, 6.07) is 11.3. The predicted molar refractivity (Wildman–Crippen MR) is 151 cm³/mol. The van der Waals surface area contributed by atoms with Crippen molar-refractivity contribution in [2.75, 3.05) is 44.3 Å². The largest absolute Gasteiger partial charge is 0.494 e. The summed E-state index contributed by atoms with van der Waals surface area (Å²) < 4.78 is 22.2. The molecule has 0 unspecified atom stereocenters. The van der Waals surface area contributed by atoms with E-state index >= 15 is 0 Å². The minimum atomic E-state index is 0.530. The number of halogens is 1. The molecule has 4 aromatic rings. The fraction of sp³-hybridized carbons (Fsp3) is 0.370. The Hall–Kier alpha value is -3.21.